The van der Waals surface area contributed by atoms with E-state index in [-0.39, 0.29) is 5.69 Å². The van der Waals surface area contributed by atoms with Crippen LogP contribution in [-0.2, 0) is 6.18 Å². The Morgan fingerprint density at radius 3 is 2.70 bits per heavy atom. The average Bonchev–Trinajstić information content (AvgIpc) is 2.80. The summed E-state index contributed by atoms with van der Waals surface area (Å²) in [6.07, 6.45) is -4.61. The minimum Gasteiger partial charge on any atom is -0.302 e. The Balaban J connectivity index is 2.25. The second-order valence-corrected chi connectivity index (χ2v) is 5.04. The van der Waals surface area contributed by atoms with E-state index >= 15 is 0 Å². The largest absolute Gasteiger partial charge is 0.431 e. The molecule has 0 saturated heterocycles. The summed E-state index contributed by atoms with van der Waals surface area (Å²) in [6.45, 7) is 0. The van der Waals surface area contributed by atoms with Crippen LogP contribution in [0.15, 0.2) is 40.5 Å². The van der Waals surface area contributed by atoms with Crippen LogP contribution in [0.4, 0.5) is 13.2 Å². The van der Waals surface area contributed by atoms with Gasteiger partial charge >= 0.3 is 11.9 Å². The summed E-state index contributed by atoms with van der Waals surface area (Å²) in [5.41, 5.74) is -1.55. The lowest BCUT2D eigenvalue weighted by molar-refractivity contribution is -0.141. The standard InChI is InChI=1S/C13H7F3N2OS/c14-13(15,16)11-5-9(17-12(19)18-11)8-6-20-10-4-2-1-3-7(8)10/h1-6H,(H,17,18,19). The van der Waals surface area contributed by atoms with Crippen LogP contribution in [0, 0.1) is 0 Å². The van der Waals surface area contributed by atoms with E-state index in [0.29, 0.717) is 5.56 Å². The summed E-state index contributed by atoms with van der Waals surface area (Å²) in [5, 5.41) is 2.48. The Labute approximate surface area is 114 Å². The first-order valence-electron chi connectivity index (χ1n) is 5.60. The smallest absolute Gasteiger partial charge is 0.302 e. The zero-order chi connectivity index (χ0) is 14.3. The van der Waals surface area contributed by atoms with Gasteiger partial charge in [0, 0.05) is 21.0 Å². The van der Waals surface area contributed by atoms with Crippen LogP contribution in [0.1, 0.15) is 5.69 Å². The number of aromatic amines is 1. The maximum absolute atomic E-state index is 12.7. The number of benzene rings is 1. The third-order valence-electron chi connectivity index (χ3n) is 2.81. The Kier molecular flexibility index (Phi) is 2.86. The Hall–Kier alpha value is -2.15. The van der Waals surface area contributed by atoms with Gasteiger partial charge in [0.15, 0.2) is 0 Å². The highest BCUT2D eigenvalue weighted by Crippen LogP contribution is 2.34. The second kappa shape index (κ2) is 4.45. The number of hydrogen-bond donors (Lipinski definition) is 1. The van der Waals surface area contributed by atoms with Crippen LogP contribution in [0.25, 0.3) is 21.3 Å². The number of rotatable bonds is 1. The average molecular weight is 296 g/mol. The number of hydrogen-bond acceptors (Lipinski definition) is 3. The van der Waals surface area contributed by atoms with Gasteiger partial charge in [-0.1, -0.05) is 18.2 Å². The molecule has 0 atom stereocenters. The fourth-order valence-corrected chi connectivity index (χ4v) is 2.88. The van der Waals surface area contributed by atoms with Crippen LogP contribution in [0.3, 0.4) is 0 Å². The van der Waals surface area contributed by atoms with Gasteiger partial charge in [0.1, 0.15) is 5.69 Å². The Morgan fingerprint density at radius 1 is 1.20 bits per heavy atom. The molecule has 2 heterocycles. The Morgan fingerprint density at radius 2 is 1.95 bits per heavy atom. The molecule has 0 spiro atoms. The molecule has 0 aliphatic carbocycles. The lowest BCUT2D eigenvalue weighted by atomic mass is 10.1. The predicted octanol–water partition coefficient (Wildman–Crippen LogP) is 3.67. The van der Waals surface area contributed by atoms with Crippen molar-refractivity contribution in [1.29, 1.82) is 0 Å². The molecule has 0 radical (unpaired) electrons. The van der Waals surface area contributed by atoms with Gasteiger partial charge in [-0.2, -0.15) is 18.2 Å². The summed E-state index contributed by atoms with van der Waals surface area (Å²) in [7, 11) is 0. The van der Waals surface area contributed by atoms with E-state index in [4.69, 9.17) is 0 Å². The van der Waals surface area contributed by atoms with Crippen molar-refractivity contribution < 1.29 is 13.2 Å². The highest BCUT2D eigenvalue weighted by atomic mass is 32.1. The van der Waals surface area contributed by atoms with Gasteiger partial charge < -0.3 is 4.98 Å². The first kappa shape index (κ1) is 12.9. The number of aromatic nitrogens is 2. The number of halogens is 3. The molecule has 7 heteroatoms. The van der Waals surface area contributed by atoms with E-state index in [1.54, 1.807) is 22.5 Å². The molecule has 102 valence electrons. The number of H-pyrrole nitrogens is 1. The quantitative estimate of drug-likeness (QED) is 0.744. The number of alkyl halides is 3. The van der Waals surface area contributed by atoms with Gasteiger partial charge in [0.25, 0.3) is 0 Å². The maximum Gasteiger partial charge on any atom is 0.431 e. The molecule has 0 aliphatic heterocycles. The van der Waals surface area contributed by atoms with E-state index in [9.17, 15) is 18.0 Å². The van der Waals surface area contributed by atoms with Crippen molar-refractivity contribution in [2.75, 3.05) is 0 Å². The van der Waals surface area contributed by atoms with Crippen molar-refractivity contribution in [3.8, 4) is 11.3 Å². The third kappa shape index (κ3) is 2.20. The highest BCUT2D eigenvalue weighted by Gasteiger charge is 2.32. The monoisotopic (exact) mass is 296 g/mol. The van der Waals surface area contributed by atoms with Crippen molar-refractivity contribution >= 4 is 21.4 Å². The molecule has 0 fully saturated rings. The van der Waals surface area contributed by atoms with Crippen LogP contribution >= 0.6 is 11.3 Å². The molecular weight excluding hydrogens is 289 g/mol. The summed E-state index contributed by atoms with van der Waals surface area (Å²) < 4.78 is 39.1. The van der Waals surface area contributed by atoms with E-state index in [1.807, 2.05) is 12.1 Å². The normalized spacial score (nSPS) is 11.9. The molecule has 1 aromatic carbocycles. The predicted molar refractivity (Wildman–Crippen MR) is 70.7 cm³/mol. The van der Waals surface area contributed by atoms with Crippen LogP contribution < -0.4 is 5.69 Å². The van der Waals surface area contributed by atoms with Gasteiger partial charge in [0.05, 0.1) is 5.69 Å². The summed E-state index contributed by atoms with van der Waals surface area (Å²) in [6, 6.07) is 8.14. The number of nitrogens with zero attached hydrogens (tertiary/aromatic N) is 1. The fourth-order valence-electron chi connectivity index (χ4n) is 1.92. The maximum atomic E-state index is 12.7. The van der Waals surface area contributed by atoms with Gasteiger partial charge in [-0.3, -0.25) is 0 Å². The number of nitrogens with one attached hydrogen (secondary N) is 1. The Bertz CT molecular complexity index is 835. The third-order valence-corrected chi connectivity index (χ3v) is 3.77. The van der Waals surface area contributed by atoms with Crippen molar-refractivity contribution in [2.45, 2.75) is 6.18 Å². The lowest BCUT2D eigenvalue weighted by Crippen LogP contribution is -2.19. The molecule has 3 nitrogen and oxygen atoms in total. The minimum absolute atomic E-state index is 0.0264. The molecule has 0 amide bonds. The van der Waals surface area contributed by atoms with Crippen molar-refractivity contribution in [2.24, 2.45) is 0 Å². The molecule has 2 aromatic heterocycles. The van der Waals surface area contributed by atoms with Crippen LogP contribution in [-0.4, -0.2) is 9.97 Å². The van der Waals surface area contributed by atoms with Crippen molar-refractivity contribution in [3.05, 3.63) is 51.9 Å². The molecule has 0 unspecified atom stereocenters. The zero-order valence-electron chi connectivity index (χ0n) is 9.86. The van der Waals surface area contributed by atoms with Gasteiger partial charge in [-0.15, -0.1) is 11.3 Å². The molecule has 0 bridgehead atoms. The number of thiophene rings is 1. The van der Waals surface area contributed by atoms with E-state index in [0.717, 1.165) is 16.2 Å². The SMILES string of the molecule is O=c1nc(-c2csc3ccccc23)cc(C(F)(F)F)[nH]1. The molecule has 1 N–H and O–H groups in total. The first-order valence-corrected chi connectivity index (χ1v) is 6.48. The molecule has 20 heavy (non-hydrogen) atoms. The first-order chi connectivity index (χ1) is 9.45. The highest BCUT2D eigenvalue weighted by molar-refractivity contribution is 7.17. The van der Waals surface area contributed by atoms with Crippen molar-refractivity contribution in [1.82, 2.24) is 9.97 Å². The fraction of sp³-hybridized carbons (Fsp3) is 0.0769. The van der Waals surface area contributed by atoms with Gasteiger partial charge in [-0.25, -0.2) is 4.79 Å². The molecular formula is C13H7F3N2OS. The van der Waals surface area contributed by atoms with Gasteiger partial charge in [0.2, 0.25) is 0 Å². The van der Waals surface area contributed by atoms with Gasteiger partial charge in [-0.05, 0) is 12.1 Å². The van der Waals surface area contributed by atoms with E-state index in [1.165, 1.54) is 11.3 Å². The van der Waals surface area contributed by atoms with E-state index < -0.39 is 17.6 Å². The van der Waals surface area contributed by atoms with E-state index in [2.05, 4.69) is 4.98 Å². The second-order valence-electron chi connectivity index (χ2n) is 4.13. The lowest BCUT2D eigenvalue weighted by Gasteiger charge is -2.07. The van der Waals surface area contributed by atoms with Crippen molar-refractivity contribution in [3.63, 3.8) is 0 Å². The number of fused-ring (bicyclic) bond motifs is 1. The topological polar surface area (TPSA) is 45.8 Å². The molecule has 3 rings (SSSR count). The summed E-state index contributed by atoms with van der Waals surface area (Å²) in [5.74, 6) is 0. The molecule has 0 aliphatic rings. The molecule has 0 saturated carbocycles. The summed E-state index contributed by atoms with van der Waals surface area (Å²) >= 11 is 1.39. The molecule has 3 aromatic rings. The van der Waals surface area contributed by atoms with Crippen LogP contribution in [0.5, 0.6) is 0 Å². The summed E-state index contributed by atoms with van der Waals surface area (Å²) in [4.78, 5) is 16.7. The van der Waals surface area contributed by atoms with Crippen LogP contribution in [0.2, 0.25) is 0 Å². The zero-order valence-corrected chi connectivity index (χ0v) is 10.7. The minimum atomic E-state index is -4.61.